The zero-order valence-electron chi connectivity index (χ0n) is 10.4. The number of hydrogen-bond donors (Lipinski definition) is 0. The second-order valence-electron chi connectivity index (χ2n) is 3.56. The fourth-order valence-electron chi connectivity index (χ4n) is 1.43. The van der Waals surface area contributed by atoms with Gasteiger partial charge in [-0.25, -0.2) is 18.0 Å². The number of halogens is 1. The van der Waals surface area contributed by atoms with E-state index >= 15 is 0 Å². The van der Waals surface area contributed by atoms with Crippen molar-refractivity contribution >= 4 is 33.4 Å². The molecule has 19 heavy (non-hydrogen) atoms. The van der Waals surface area contributed by atoms with Crippen LogP contribution in [0.4, 0.5) is 0 Å². The first-order valence-electron chi connectivity index (χ1n) is 4.93. The standard InChI is InChI=1S/C11H11ClO6S/c1-17-10(13)6-4-5-7(19(3,15)16)8(9(6)12)11(14)18-2/h4-5H,1-3H3. The van der Waals surface area contributed by atoms with Gasteiger partial charge in [-0.3, -0.25) is 0 Å². The highest BCUT2D eigenvalue weighted by molar-refractivity contribution is 7.90. The maximum atomic E-state index is 11.6. The Labute approximate surface area is 115 Å². The summed E-state index contributed by atoms with van der Waals surface area (Å²) in [6, 6.07) is 2.29. The van der Waals surface area contributed by atoms with Crippen LogP contribution in [0.2, 0.25) is 5.02 Å². The highest BCUT2D eigenvalue weighted by Crippen LogP contribution is 2.29. The molecule has 0 aliphatic heterocycles. The van der Waals surface area contributed by atoms with Crippen LogP contribution >= 0.6 is 11.6 Å². The Bertz CT molecular complexity index is 635. The molecule has 104 valence electrons. The molecule has 0 aromatic heterocycles. The summed E-state index contributed by atoms with van der Waals surface area (Å²) in [5, 5.41) is -0.318. The normalized spacial score (nSPS) is 10.9. The minimum Gasteiger partial charge on any atom is -0.465 e. The molecule has 0 N–H and O–H groups in total. The predicted octanol–water partition coefficient (Wildman–Crippen LogP) is 1.32. The third-order valence-electron chi connectivity index (χ3n) is 2.30. The van der Waals surface area contributed by atoms with E-state index in [1.54, 1.807) is 0 Å². The maximum Gasteiger partial charge on any atom is 0.340 e. The van der Waals surface area contributed by atoms with Gasteiger partial charge in [-0.05, 0) is 12.1 Å². The maximum absolute atomic E-state index is 11.6. The third-order valence-corrected chi connectivity index (χ3v) is 3.83. The van der Waals surface area contributed by atoms with Crippen LogP contribution in [0.15, 0.2) is 17.0 Å². The summed E-state index contributed by atoms with van der Waals surface area (Å²) in [7, 11) is -1.48. The average molecular weight is 307 g/mol. The molecular weight excluding hydrogens is 296 g/mol. The Balaban J connectivity index is 3.69. The fourth-order valence-corrected chi connectivity index (χ4v) is 2.67. The van der Waals surface area contributed by atoms with Crippen LogP contribution < -0.4 is 0 Å². The molecule has 0 aliphatic carbocycles. The van der Waals surface area contributed by atoms with Crippen molar-refractivity contribution in [2.75, 3.05) is 20.5 Å². The molecule has 1 aromatic rings. The van der Waals surface area contributed by atoms with Crippen molar-refractivity contribution in [1.29, 1.82) is 0 Å². The summed E-state index contributed by atoms with van der Waals surface area (Å²) in [6.07, 6.45) is 0.920. The largest absolute Gasteiger partial charge is 0.465 e. The molecule has 0 bridgehead atoms. The molecule has 0 saturated heterocycles. The SMILES string of the molecule is COC(=O)c1ccc(S(C)(=O)=O)c(C(=O)OC)c1Cl. The van der Waals surface area contributed by atoms with Gasteiger partial charge in [0, 0.05) is 6.26 Å². The number of methoxy groups -OCH3 is 2. The van der Waals surface area contributed by atoms with E-state index < -0.39 is 21.8 Å². The topological polar surface area (TPSA) is 86.7 Å². The van der Waals surface area contributed by atoms with Gasteiger partial charge in [0.05, 0.1) is 35.3 Å². The van der Waals surface area contributed by atoms with Gasteiger partial charge in [-0.15, -0.1) is 0 Å². The summed E-state index contributed by atoms with van der Waals surface area (Å²) in [6.45, 7) is 0. The van der Waals surface area contributed by atoms with Gasteiger partial charge in [0.2, 0.25) is 0 Å². The number of benzene rings is 1. The van der Waals surface area contributed by atoms with Gasteiger partial charge in [-0.1, -0.05) is 11.6 Å². The molecule has 0 saturated carbocycles. The molecule has 0 aliphatic rings. The van der Waals surface area contributed by atoms with Crippen molar-refractivity contribution in [3.63, 3.8) is 0 Å². The van der Waals surface area contributed by atoms with Gasteiger partial charge < -0.3 is 9.47 Å². The summed E-state index contributed by atoms with van der Waals surface area (Å²) in [5.41, 5.74) is -0.494. The molecule has 0 heterocycles. The van der Waals surface area contributed by atoms with E-state index in [1.165, 1.54) is 6.07 Å². The molecule has 0 unspecified atom stereocenters. The molecular formula is C11H11ClO6S. The molecule has 1 rings (SSSR count). The van der Waals surface area contributed by atoms with E-state index in [9.17, 15) is 18.0 Å². The lowest BCUT2D eigenvalue weighted by molar-refractivity contribution is 0.0596. The van der Waals surface area contributed by atoms with E-state index in [0.29, 0.717) is 0 Å². The van der Waals surface area contributed by atoms with E-state index in [2.05, 4.69) is 9.47 Å². The zero-order valence-corrected chi connectivity index (χ0v) is 12.0. The molecule has 0 radical (unpaired) electrons. The number of carbonyl (C=O) groups is 2. The summed E-state index contributed by atoms with van der Waals surface area (Å²) in [4.78, 5) is 22.8. The Morgan fingerprint density at radius 2 is 1.63 bits per heavy atom. The molecule has 6 nitrogen and oxygen atoms in total. The van der Waals surface area contributed by atoms with Gasteiger partial charge >= 0.3 is 11.9 Å². The Morgan fingerprint density at radius 3 is 2.05 bits per heavy atom. The second-order valence-corrected chi connectivity index (χ2v) is 5.92. The van der Waals surface area contributed by atoms with Crippen LogP contribution in [0.1, 0.15) is 20.7 Å². The highest BCUT2D eigenvalue weighted by Gasteiger charge is 2.27. The van der Waals surface area contributed by atoms with Crippen molar-refractivity contribution in [3.8, 4) is 0 Å². The summed E-state index contributed by atoms with van der Waals surface area (Å²) >= 11 is 5.90. The summed E-state index contributed by atoms with van der Waals surface area (Å²) < 4.78 is 32.2. The van der Waals surface area contributed by atoms with Crippen LogP contribution in [-0.4, -0.2) is 40.8 Å². The van der Waals surface area contributed by atoms with Crippen molar-refractivity contribution in [1.82, 2.24) is 0 Å². The molecule has 0 amide bonds. The van der Waals surface area contributed by atoms with Gasteiger partial charge in [0.25, 0.3) is 0 Å². The van der Waals surface area contributed by atoms with Crippen LogP contribution in [0.5, 0.6) is 0 Å². The van der Waals surface area contributed by atoms with Crippen LogP contribution in [0.3, 0.4) is 0 Å². The first-order valence-corrected chi connectivity index (χ1v) is 7.20. The first-order chi connectivity index (χ1) is 8.73. The van der Waals surface area contributed by atoms with E-state index in [-0.39, 0.29) is 21.0 Å². The smallest absolute Gasteiger partial charge is 0.340 e. The number of sulfone groups is 1. The minimum atomic E-state index is -3.70. The van der Waals surface area contributed by atoms with Gasteiger partial charge in [0.15, 0.2) is 9.84 Å². The molecule has 0 fully saturated rings. The van der Waals surface area contributed by atoms with Gasteiger partial charge in [0.1, 0.15) is 0 Å². The predicted molar refractivity (Wildman–Crippen MR) is 67.2 cm³/mol. The van der Waals surface area contributed by atoms with Crippen LogP contribution in [-0.2, 0) is 19.3 Å². The van der Waals surface area contributed by atoms with Crippen molar-refractivity contribution in [3.05, 3.63) is 28.3 Å². The Hall–Kier alpha value is -1.60. The molecule has 0 atom stereocenters. The lowest BCUT2D eigenvalue weighted by Gasteiger charge is -2.11. The first kappa shape index (κ1) is 15.5. The second kappa shape index (κ2) is 5.58. The van der Waals surface area contributed by atoms with Crippen molar-refractivity contribution < 1.29 is 27.5 Å². The van der Waals surface area contributed by atoms with Crippen LogP contribution in [0.25, 0.3) is 0 Å². The quantitative estimate of drug-likeness (QED) is 0.783. The lowest BCUT2D eigenvalue weighted by Crippen LogP contribution is -2.14. The molecule has 0 spiro atoms. The lowest BCUT2D eigenvalue weighted by atomic mass is 10.1. The van der Waals surface area contributed by atoms with E-state index in [0.717, 1.165) is 26.5 Å². The average Bonchev–Trinajstić information content (AvgIpc) is 2.35. The van der Waals surface area contributed by atoms with Crippen molar-refractivity contribution in [2.24, 2.45) is 0 Å². The zero-order chi connectivity index (χ0) is 14.8. The molecule has 1 aromatic carbocycles. The minimum absolute atomic E-state index is 0.114. The van der Waals surface area contributed by atoms with Gasteiger partial charge in [-0.2, -0.15) is 0 Å². The molecule has 8 heteroatoms. The number of hydrogen-bond acceptors (Lipinski definition) is 6. The monoisotopic (exact) mass is 306 g/mol. The van der Waals surface area contributed by atoms with Crippen LogP contribution in [0, 0.1) is 0 Å². The number of carbonyl (C=O) groups excluding carboxylic acids is 2. The Morgan fingerprint density at radius 1 is 1.11 bits per heavy atom. The fraction of sp³-hybridized carbons (Fsp3) is 0.273. The Kier molecular flexibility index (Phi) is 4.54. The third kappa shape index (κ3) is 3.05. The number of ether oxygens (including phenoxy) is 2. The van der Waals surface area contributed by atoms with Crippen molar-refractivity contribution in [2.45, 2.75) is 4.90 Å². The number of rotatable bonds is 3. The number of esters is 2. The summed E-state index contributed by atoms with van der Waals surface area (Å²) in [5.74, 6) is -1.73. The highest BCUT2D eigenvalue weighted by atomic mass is 35.5. The van der Waals surface area contributed by atoms with E-state index in [4.69, 9.17) is 11.6 Å². The van der Waals surface area contributed by atoms with E-state index in [1.807, 2.05) is 0 Å².